The molecule has 0 spiro atoms. The first kappa shape index (κ1) is 18.4. The molecule has 1 heterocycles. The molecule has 0 fully saturated rings. The zero-order valence-corrected chi connectivity index (χ0v) is 14.3. The van der Waals surface area contributed by atoms with Crippen LogP contribution in [0.25, 0.3) is 0 Å². The van der Waals surface area contributed by atoms with E-state index >= 15 is 0 Å². The molecule has 1 amide bonds. The molecule has 0 radical (unpaired) electrons. The summed E-state index contributed by atoms with van der Waals surface area (Å²) < 4.78 is 19.1. The quantitative estimate of drug-likeness (QED) is 0.763. The number of halogens is 1. The standard InChI is InChI=1S/C17H21FN2O3S/c1-12-2-4-14(24-12)11-20(7-8-21)17(22)15-10-13(18)3-5-16(15)23-9-6-19/h2-5,10,21H,6-9,11,19H2,1H3. The highest BCUT2D eigenvalue weighted by atomic mass is 32.1. The van der Waals surface area contributed by atoms with Crippen LogP contribution >= 0.6 is 11.3 Å². The molecule has 0 aliphatic rings. The van der Waals surface area contributed by atoms with Gasteiger partial charge in [-0.2, -0.15) is 0 Å². The van der Waals surface area contributed by atoms with Crippen LogP contribution in [0.2, 0.25) is 0 Å². The molecular weight excluding hydrogens is 331 g/mol. The van der Waals surface area contributed by atoms with Gasteiger partial charge >= 0.3 is 0 Å². The summed E-state index contributed by atoms with van der Waals surface area (Å²) in [7, 11) is 0. The molecule has 7 heteroatoms. The highest BCUT2D eigenvalue weighted by Gasteiger charge is 2.21. The van der Waals surface area contributed by atoms with Gasteiger partial charge in [-0.3, -0.25) is 4.79 Å². The lowest BCUT2D eigenvalue weighted by Crippen LogP contribution is -2.33. The number of ether oxygens (including phenoxy) is 1. The summed E-state index contributed by atoms with van der Waals surface area (Å²) in [5, 5.41) is 9.27. The van der Waals surface area contributed by atoms with E-state index in [2.05, 4.69) is 0 Å². The predicted molar refractivity (Wildman–Crippen MR) is 91.8 cm³/mol. The SMILES string of the molecule is Cc1ccc(CN(CCO)C(=O)c2cc(F)ccc2OCCN)s1. The Morgan fingerprint density at radius 1 is 1.38 bits per heavy atom. The zero-order chi connectivity index (χ0) is 17.5. The van der Waals surface area contributed by atoms with E-state index < -0.39 is 5.82 Å². The minimum Gasteiger partial charge on any atom is -0.491 e. The number of benzene rings is 1. The molecule has 0 atom stereocenters. The molecule has 0 unspecified atom stereocenters. The number of thiophene rings is 1. The van der Waals surface area contributed by atoms with Crippen LogP contribution in [0, 0.1) is 12.7 Å². The number of aryl methyl sites for hydroxylation is 1. The van der Waals surface area contributed by atoms with Crippen molar-refractivity contribution >= 4 is 17.2 Å². The van der Waals surface area contributed by atoms with Gasteiger partial charge in [-0.25, -0.2) is 4.39 Å². The number of hydrogen-bond acceptors (Lipinski definition) is 5. The Balaban J connectivity index is 2.26. The lowest BCUT2D eigenvalue weighted by atomic mass is 10.1. The van der Waals surface area contributed by atoms with Crippen molar-refractivity contribution in [3.8, 4) is 5.75 Å². The first-order chi connectivity index (χ1) is 11.5. The molecule has 130 valence electrons. The molecule has 1 aromatic carbocycles. The first-order valence-electron chi connectivity index (χ1n) is 7.63. The number of aliphatic hydroxyl groups excluding tert-OH is 1. The summed E-state index contributed by atoms with van der Waals surface area (Å²) >= 11 is 1.58. The second-order valence-electron chi connectivity index (χ2n) is 5.24. The third kappa shape index (κ3) is 4.77. The number of carbonyl (C=O) groups excluding carboxylic acids is 1. The fraction of sp³-hybridized carbons (Fsp3) is 0.353. The Bertz CT molecular complexity index is 690. The van der Waals surface area contributed by atoms with Crippen LogP contribution in [0.3, 0.4) is 0 Å². The number of amides is 1. The van der Waals surface area contributed by atoms with E-state index in [1.165, 1.54) is 17.0 Å². The van der Waals surface area contributed by atoms with Gasteiger partial charge in [0.15, 0.2) is 0 Å². The number of hydrogen-bond donors (Lipinski definition) is 2. The maximum atomic E-state index is 13.6. The van der Waals surface area contributed by atoms with Gasteiger partial charge in [0.25, 0.3) is 5.91 Å². The fourth-order valence-electron chi connectivity index (χ4n) is 2.27. The highest BCUT2D eigenvalue weighted by Crippen LogP contribution is 2.24. The summed E-state index contributed by atoms with van der Waals surface area (Å²) in [6, 6.07) is 7.72. The molecule has 3 N–H and O–H groups in total. The van der Waals surface area contributed by atoms with E-state index in [1.807, 2.05) is 19.1 Å². The second kappa shape index (κ2) is 8.77. The monoisotopic (exact) mass is 352 g/mol. The van der Waals surface area contributed by atoms with Crippen molar-refractivity contribution in [3.05, 3.63) is 51.5 Å². The Morgan fingerprint density at radius 2 is 2.17 bits per heavy atom. The maximum absolute atomic E-state index is 13.6. The van der Waals surface area contributed by atoms with Crippen LogP contribution in [0.4, 0.5) is 4.39 Å². The average Bonchev–Trinajstić information content (AvgIpc) is 2.97. The zero-order valence-electron chi connectivity index (χ0n) is 13.5. The molecule has 0 aliphatic carbocycles. The molecule has 2 rings (SSSR count). The lowest BCUT2D eigenvalue weighted by molar-refractivity contribution is 0.0705. The molecule has 0 saturated carbocycles. The van der Waals surface area contributed by atoms with Crippen molar-refractivity contribution in [3.63, 3.8) is 0 Å². The predicted octanol–water partition coefficient (Wildman–Crippen LogP) is 2.17. The van der Waals surface area contributed by atoms with Gasteiger partial charge in [0.05, 0.1) is 18.7 Å². The summed E-state index contributed by atoms with van der Waals surface area (Å²) in [6.07, 6.45) is 0. The number of nitrogens with zero attached hydrogens (tertiary/aromatic N) is 1. The number of aliphatic hydroxyl groups is 1. The molecule has 24 heavy (non-hydrogen) atoms. The third-order valence-electron chi connectivity index (χ3n) is 3.35. The summed E-state index contributed by atoms with van der Waals surface area (Å²) in [5.41, 5.74) is 5.55. The number of rotatable bonds is 8. The van der Waals surface area contributed by atoms with E-state index in [1.54, 1.807) is 11.3 Å². The smallest absolute Gasteiger partial charge is 0.258 e. The van der Waals surface area contributed by atoms with Crippen LogP contribution in [-0.4, -0.2) is 42.2 Å². The van der Waals surface area contributed by atoms with Crippen LogP contribution in [-0.2, 0) is 6.54 Å². The van der Waals surface area contributed by atoms with Crippen molar-refractivity contribution in [2.75, 3.05) is 26.3 Å². The molecule has 1 aromatic heterocycles. The molecule has 0 bridgehead atoms. The minimum atomic E-state index is -0.519. The largest absolute Gasteiger partial charge is 0.491 e. The number of carbonyl (C=O) groups is 1. The van der Waals surface area contributed by atoms with Crippen molar-refractivity contribution in [1.29, 1.82) is 0 Å². The van der Waals surface area contributed by atoms with E-state index in [9.17, 15) is 14.3 Å². The number of nitrogens with two attached hydrogens (primary N) is 1. The summed E-state index contributed by atoms with van der Waals surface area (Å²) in [6.45, 7) is 2.84. The Morgan fingerprint density at radius 3 is 2.79 bits per heavy atom. The van der Waals surface area contributed by atoms with Gasteiger partial charge in [0.2, 0.25) is 0 Å². The van der Waals surface area contributed by atoms with Crippen molar-refractivity contribution in [1.82, 2.24) is 4.90 Å². The van der Waals surface area contributed by atoms with E-state index in [4.69, 9.17) is 10.5 Å². The minimum absolute atomic E-state index is 0.130. The van der Waals surface area contributed by atoms with Crippen LogP contribution in [0.1, 0.15) is 20.1 Å². The molecule has 0 aliphatic heterocycles. The third-order valence-corrected chi connectivity index (χ3v) is 4.33. The van der Waals surface area contributed by atoms with E-state index in [-0.39, 0.29) is 37.0 Å². The van der Waals surface area contributed by atoms with E-state index in [0.29, 0.717) is 13.1 Å². The van der Waals surface area contributed by atoms with Gasteiger partial charge in [-0.15, -0.1) is 11.3 Å². The van der Waals surface area contributed by atoms with Crippen LogP contribution < -0.4 is 10.5 Å². The molecule has 0 saturated heterocycles. The highest BCUT2D eigenvalue weighted by molar-refractivity contribution is 7.11. The Hall–Kier alpha value is -1.96. The van der Waals surface area contributed by atoms with E-state index in [0.717, 1.165) is 15.8 Å². The Labute approximate surface area is 144 Å². The van der Waals surface area contributed by atoms with Crippen LogP contribution in [0.15, 0.2) is 30.3 Å². The van der Waals surface area contributed by atoms with Crippen LogP contribution in [0.5, 0.6) is 5.75 Å². The average molecular weight is 352 g/mol. The lowest BCUT2D eigenvalue weighted by Gasteiger charge is -2.22. The fourth-order valence-corrected chi connectivity index (χ4v) is 3.17. The van der Waals surface area contributed by atoms with Gasteiger partial charge in [0.1, 0.15) is 18.2 Å². The van der Waals surface area contributed by atoms with Crippen molar-refractivity contribution in [2.45, 2.75) is 13.5 Å². The summed E-state index contributed by atoms with van der Waals surface area (Å²) in [4.78, 5) is 16.4. The van der Waals surface area contributed by atoms with Gasteiger partial charge < -0.3 is 20.5 Å². The molecule has 2 aromatic rings. The van der Waals surface area contributed by atoms with Gasteiger partial charge in [0, 0.05) is 22.8 Å². The maximum Gasteiger partial charge on any atom is 0.258 e. The normalized spacial score (nSPS) is 10.7. The van der Waals surface area contributed by atoms with Gasteiger partial charge in [-0.05, 0) is 37.3 Å². The summed E-state index contributed by atoms with van der Waals surface area (Å²) in [5.74, 6) is -0.617. The molecular formula is C17H21FN2O3S. The topological polar surface area (TPSA) is 75.8 Å². The Kier molecular flexibility index (Phi) is 6.72. The molecule has 5 nitrogen and oxygen atoms in total. The van der Waals surface area contributed by atoms with Gasteiger partial charge in [-0.1, -0.05) is 0 Å². The van der Waals surface area contributed by atoms with Crippen molar-refractivity contribution < 1.29 is 19.0 Å². The van der Waals surface area contributed by atoms with Crippen molar-refractivity contribution in [2.24, 2.45) is 5.73 Å². The first-order valence-corrected chi connectivity index (χ1v) is 8.44. The second-order valence-corrected chi connectivity index (χ2v) is 6.61.